The lowest BCUT2D eigenvalue weighted by molar-refractivity contribution is -0.133. The Morgan fingerprint density at radius 2 is 1.83 bits per heavy atom. The second-order valence-corrected chi connectivity index (χ2v) is 9.36. The van der Waals surface area contributed by atoms with Crippen LogP contribution in [-0.4, -0.2) is 11.7 Å². The van der Waals surface area contributed by atoms with Gasteiger partial charge in [-0.2, -0.15) is 0 Å². The summed E-state index contributed by atoms with van der Waals surface area (Å²) in [5.74, 6) is -2.51. The summed E-state index contributed by atoms with van der Waals surface area (Å²) in [5.41, 5.74) is 0.751. The molecule has 0 radical (unpaired) electrons. The van der Waals surface area contributed by atoms with Gasteiger partial charge in [-0.1, -0.05) is 25.5 Å². The first-order valence-electron chi connectivity index (χ1n) is 9.43. The van der Waals surface area contributed by atoms with Crippen LogP contribution >= 0.6 is 0 Å². The summed E-state index contributed by atoms with van der Waals surface area (Å²) in [6.07, 6.45) is 8.69. The average Bonchev–Trinajstić information content (AvgIpc) is 2.93. The molecular formula is C20H26F2O. The molecule has 126 valence electrons. The largest absolute Gasteiger partial charge is 0.299 e. The third-order valence-corrected chi connectivity index (χ3v) is 8.64. The van der Waals surface area contributed by atoms with Gasteiger partial charge in [0, 0.05) is 17.8 Å². The van der Waals surface area contributed by atoms with Gasteiger partial charge in [-0.25, -0.2) is 8.78 Å². The van der Waals surface area contributed by atoms with E-state index in [0.29, 0.717) is 18.1 Å². The molecule has 4 saturated carbocycles. The van der Waals surface area contributed by atoms with Gasteiger partial charge >= 0.3 is 0 Å². The molecule has 23 heavy (non-hydrogen) atoms. The number of halogens is 2. The van der Waals surface area contributed by atoms with Crippen molar-refractivity contribution >= 4 is 5.78 Å². The van der Waals surface area contributed by atoms with E-state index in [1.54, 1.807) is 0 Å². The van der Waals surface area contributed by atoms with E-state index in [-0.39, 0.29) is 22.7 Å². The maximum Gasteiger partial charge on any atom is 0.258 e. The molecule has 4 fully saturated rings. The molecule has 0 amide bonds. The van der Waals surface area contributed by atoms with Crippen molar-refractivity contribution in [2.24, 2.45) is 40.4 Å². The van der Waals surface area contributed by atoms with Crippen LogP contribution in [0.5, 0.6) is 0 Å². The molecule has 5 aliphatic rings. The van der Waals surface area contributed by atoms with Crippen molar-refractivity contribution in [2.45, 2.75) is 64.7 Å². The van der Waals surface area contributed by atoms with Crippen LogP contribution in [0.4, 0.5) is 8.78 Å². The summed E-state index contributed by atoms with van der Waals surface area (Å²) in [4.78, 5) is 12.5. The predicted octanol–water partition coefficient (Wildman–Crippen LogP) is 5.01. The van der Waals surface area contributed by atoms with Gasteiger partial charge in [0.25, 0.3) is 5.92 Å². The first kappa shape index (κ1) is 14.6. The summed E-state index contributed by atoms with van der Waals surface area (Å²) in [6.45, 7) is 4.34. The van der Waals surface area contributed by atoms with Crippen LogP contribution < -0.4 is 0 Å². The highest BCUT2D eigenvalue weighted by atomic mass is 19.3. The molecule has 0 N–H and O–H groups in total. The number of carbonyl (C=O) groups excluding carboxylic acids is 1. The third-order valence-electron chi connectivity index (χ3n) is 8.64. The van der Waals surface area contributed by atoms with Crippen molar-refractivity contribution in [2.75, 3.05) is 0 Å². The highest BCUT2D eigenvalue weighted by molar-refractivity contribution is 5.87. The molecule has 3 heteroatoms. The summed E-state index contributed by atoms with van der Waals surface area (Å²) in [7, 11) is 0. The number of allylic oxidation sites excluding steroid dienone is 2. The number of rotatable bonds is 0. The Balaban J connectivity index is 1.64. The monoisotopic (exact) mass is 320 g/mol. The summed E-state index contributed by atoms with van der Waals surface area (Å²) < 4.78 is 29.5. The van der Waals surface area contributed by atoms with Crippen LogP contribution in [0.15, 0.2) is 11.6 Å². The topological polar surface area (TPSA) is 17.1 Å². The van der Waals surface area contributed by atoms with Crippen LogP contribution in [0.1, 0.15) is 58.8 Å². The number of hydrogen-bond donors (Lipinski definition) is 0. The van der Waals surface area contributed by atoms with Gasteiger partial charge in [0.2, 0.25) is 0 Å². The van der Waals surface area contributed by atoms with Crippen LogP contribution in [-0.2, 0) is 4.79 Å². The Kier molecular flexibility index (Phi) is 2.59. The Labute approximate surface area is 136 Å². The van der Waals surface area contributed by atoms with E-state index >= 15 is 0 Å². The van der Waals surface area contributed by atoms with Crippen LogP contribution in [0.25, 0.3) is 0 Å². The predicted molar refractivity (Wildman–Crippen MR) is 84.0 cm³/mol. The fourth-order valence-corrected chi connectivity index (χ4v) is 7.43. The molecule has 5 aliphatic carbocycles. The standard InChI is InChI=1S/C20H26F2O/c1-18-9-4-3-5-13(18)16-17(20(16,21)22)15-11-6-7-14(23)19(11,2)10-8-12(15)18/h5,11-12,15-17H,3-4,6-10H2,1-2H3/t11-,12-,15-,16+,17-,18+,19-/m0/s1. The molecule has 0 spiro atoms. The van der Waals surface area contributed by atoms with Gasteiger partial charge in [-0.3, -0.25) is 4.79 Å². The summed E-state index contributed by atoms with van der Waals surface area (Å²) in [5, 5.41) is 0. The van der Waals surface area contributed by atoms with Crippen molar-refractivity contribution in [1.82, 2.24) is 0 Å². The Morgan fingerprint density at radius 1 is 1.09 bits per heavy atom. The maximum atomic E-state index is 14.8. The minimum Gasteiger partial charge on any atom is -0.299 e. The van der Waals surface area contributed by atoms with Gasteiger partial charge < -0.3 is 0 Å². The van der Waals surface area contributed by atoms with E-state index in [4.69, 9.17) is 0 Å². The molecule has 0 aromatic carbocycles. The molecule has 0 aliphatic heterocycles. The molecule has 0 aromatic rings. The lowest BCUT2D eigenvalue weighted by Gasteiger charge is -2.56. The van der Waals surface area contributed by atoms with Crippen LogP contribution in [0, 0.1) is 40.4 Å². The average molecular weight is 320 g/mol. The summed E-state index contributed by atoms with van der Waals surface area (Å²) in [6, 6.07) is 0. The second kappa shape index (κ2) is 4.08. The van der Waals surface area contributed by atoms with Crippen molar-refractivity contribution in [1.29, 1.82) is 0 Å². The van der Waals surface area contributed by atoms with Gasteiger partial charge in [0.15, 0.2) is 0 Å². The zero-order valence-corrected chi connectivity index (χ0v) is 14.1. The first-order valence-corrected chi connectivity index (χ1v) is 9.43. The zero-order chi connectivity index (χ0) is 16.2. The molecule has 5 rings (SSSR count). The highest BCUT2D eigenvalue weighted by Crippen LogP contribution is 2.78. The number of alkyl halides is 2. The lowest BCUT2D eigenvalue weighted by Crippen LogP contribution is -2.51. The number of hydrogen-bond acceptors (Lipinski definition) is 1. The van der Waals surface area contributed by atoms with Crippen molar-refractivity contribution < 1.29 is 13.6 Å². The van der Waals surface area contributed by atoms with Crippen molar-refractivity contribution in [3.8, 4) is 0 Å². The fourth-order valence-electron chi connectivity index (χ4n) is 7.43. The van der Waals surface area contributed by atoms with E-state index in [0.717, 1.165) is 44.1 Å². The molecule has 0 unspecified atom stereocenters. The maximum absolute atomic E-state index is 14.8. The van der Waals surface area contributed by atoms with Gasteiger partial charge in [-0.05, 0) is 61.7 Å². The highest BCUT2D eigenvalue weighted by Gasteiger charge is 2.80. The number of carbonyl (C=O) groups is 1. The van der Waals surface area contributed by atoms with Crippen molar-refractivity contribution in [3.05, 3.63) is 11.6 Å². The number of ketones is 1. The third kappa shape index (κ3) is 1.51. The Morgan fingerprint density at radius 3 is 2.61 bits per heavy atom. The number of fused-ring (bicyclic) bond motifs is 8. The van der Waals surface area contributed by atoms with E-state index in [2.05, 4.69) is 19.9 Å². The first-order chi connectivity index (χ1) is 10.8. The SMILES string of the molecule is C[C@]12CCCC=C1[C@@H]1[C@H]([C@@H]3[C@@H]2CC[C@]2(C)C(=O)CC[C@@H]32)C1(F)F. The van der Waals surface area contributed by atoms with Gasteiger partial charge in [0.1, 0.15) is 5.78 Å². The minimum atomic E-state index is -2.52. The number of Topliss-reactive ketones (excluding diaryl/α,β-unsaturated/α-hetero) is 1. The Hall–Kier alpha value is -0.730. The Bertz CT molecular complexity index is 623. The fraction of sp³-hybridized carbons (Fsp3) is 0.850. The van der Waals surface area contributed by atoms with E-state index in [9.17, 15) is 13.6 Å². The molecule has 0 aromatic heterocycles. The van der Waals surface area contributed by atoms with Gasteiger partial charge in [0.05, 0.1) is 5.92 Å². The molecule has 0 bridgehead atoms. The lowest BCUT2D eigenvalue weighted by atomic mass is 9.47. The van der Waals surface area contributed by atoms with Crippen LogP contribution in [0.2, 0.25) is 0 Å². The van der Waals surface area contributed by atoms with Crippen molar-refractivity contribution in [3.63, 3.8) is 0 Å². The summed E-state index contributed by atoms with van der Waals surface area (Å²) >= 11 is 0. The van der Waals surface area contributed by atoms with E-state index < -0.39 is 17.8 Å². The molecule has 0 heterocycles. The van der Waals surface area contributed by atoms with Crippen LogP contribution in [0.3, 0.4) is 0 Å². The minimum absolute atomic E-state index is 0.0308. The van der Waals surface area contributed by atoms with Gasteiger partial charge in [-0.15, -0.1) is 0 Å². The van der Waals surface area contributed by atoms with E-state index in [1.165, 1.54) is 0 Å². The quantitative estimate of drug-likeness (QED) is 0.573. The smallest absolute Gasteiger partial charge is 0.258 e. The molecular weight excluding hydrogens is 294 g/mol. The second-order valence-electron chi connectivity index (χ2n) is 9.36. The molecule has 7 atom stereocenters. The normalized spacial score (nSPS) is 56.1. The van der Waals surface area contributed by atoms with E-state index in [1.807, 2.05) is 0 Å². The zero-order valence-electron chi connectivity index (χ0n) is 14.1. The molecule has 1 nitrogen and oxygen atoms in total. The molecule has 0 saturated heterocycles.